The Balaban J connectivity index is 1.57. The molecule has 2 heterocycles. The smallest absolute Gasteiger partial charge is 0.415 e. The highest BCUT2D eigenvalue weighted by molar-refractivity contribution is 6.02. The van der Waals surface area contributed by atoms with E-state index in [1.165, 1.54) is 29.2 Å². The van der Waals surface area contributed by atoms with Crippen LogP contribution >= 0.6 is 0 Å². The average molecular weight is 385 g/mol. The summed E-state index contributed by atoms with van der Waals surface area (Å²) in [5.41, 5.74) is 0.785. The van der Waals surface area contributed by atoms with Crippen molar-refractivity contribution in [2.45, 2.75) is 12.5 Å². The van der Waals surface area contributed by atoms with Gasteiger partial charge in [-0.25, -0.2) is 4.79 Å². The number of morpholine rings is 1. The molecule has 0 bridgehead atoms. The first-order valence-corrected chi connectivity index (χ1v) is 8.91. The number of Topliss-reactive ketones (excluding diaryl/α,β-unsaturated/α-hetero) is 1. The summed E-state index contributed by atoms with van der Waals surface area (Å²) >= 11 is 0. The Hall–Kier alpha value is -3.26. The van der Waals surface area contributed by atoms with Gasteiger partial charge >= 0.3 is 6.09 Å². The quantitative estimate of drug-likeness (QED) is 0.819. The normalized spacial score (nSPS) is 18.9. The molecular weight excluding hydrogens is 366 g/mol. The Morgan fingerprint density at radius 3 is 2.54 bits per heavy atom. The van der Waals surface area contributed by atoms with Crippen molar-refractivity contribution in [2.24, 2.45) is 0 Å². The average Bonchev–Trinajstić information content (AvgIpc) is 2.68. The van der Waals surface area contributed by atoms with Crippen molar-refractivity contribution in [1.29, 1.82) is 0 Å². The highest BCUT2D eigenvalue weighted by atomic mass is 16.6. The fourth-order valence-electron chi connectivity index (χ4n) is 3.26. The molecule has 1 fully saturated rings. The molecule has 1 saturated heterocycles. The lowest BCUT2D eigenvalue weighted by Gasteiger charge is -2.28. The predicted molar refractivity (Wildman–Crippen MR) is 96.9 cm³/mol. The fourth-order valence-corrected chi connectivity index (χ4v) is 3.26. The summed E-state index contributed by atoms with van der Waals surface area (Å²) in [5.74, 6) is -0.216. The van der Waals surface area contributed by atoms with Crippen LogP contribution < -0.4 is 9.47 Å². The van der Waals surface area contributed by atoms with Gasteiger partial charge < -0.3 is 29.3 Å². The third-order valence-corrected chi connectivity index (χ3v) is 4.71. The van der Waals surface area contributed by atoms with Gasteiger partial charge in [0, 0.05) is 25.2 Å². The van der Waals surface area contributed by atoms with Gasteiger partial charge in [0.2, 0.25) is 0 Å². The van der Waals surface area contributed by atoms with Crippen LogP contribution in [-0.2, 0) is 4.74 Å². The molecule has 2 aliphatic heterocycles. The minimum atomic E-state index is -0.565. The van der Waals surface area contributed by atoms with E-state index in [1.807, 2.05) is 0 Å². The Kier molecular flexibility index (Phi) is 4.79. The molecule has 1 atom stereocenters. The third kappa shape index (κ3) is 3.59. The molecule has 2 aromatic rings. The molecule has 2 aliphatic rings. The van der Waals surface area contributed by atoms with Crippen molar-refractivity contribution in [3.8, 4) is 23.0 Å². The highest BCUT2D eigenvalue weighted by Crippen LogP contribution is 2.42. The second-order valence-electron chi connectivity index (χ2n) is 6.61. The van der Waals surface area contributed by atoms with Gasteiger partial charge in [0.05, 0.1) is 19.6 Å². The summed E-state index contributed by atoms with van der Waals surface area (Å²) in [5, 5.41) is 19.7. The van der Waals surface area contributed by atoms with Gasteiger partial charge in [0.25, 0.3) is 0 Å². The summed E-state index contributed by atoms with van der Waals surface area (Å²) < 4.78 is 16.4. The Labute approximate surface area is 160 Å². The van der Waals surface area contributed by atoms with E-state index in [4.69, 9.17) is 14.2 Å². The van der Waals surface area contributed by atoms with E-state index in [1.54, 1.807) is 12.1 Å². The summed E-state index contributed by atoms with van der Waals surface area (Å²) in [4.78, 5) is 26.3. The first-order chi connectivity index (χ1) is 13.5. The minimum Gasteiger partial charge on any atom is -0.508 e. The monoisotopic (exact) mass is 385 g/mol. The number of hydrogen-bond donors (Lipinski definition) is 2. The van der Waals surface area contributed by atoms with Crippen molar-refractivity contribution < 1.29 is 34.0 Å². The van der Waals surface area contributed by atoms with Crippen LogP contribution in [0, 0.1) is 0 Å². The van der Waals surface area contributed by atoms with Crippen LogP contribution in [0.3, 0.4) is 0 Å². The van der Waals surface area contributed by atoms with E-state index >= 15 is 0 Å². The maximum atomic E-state index is 12.5. The van der Waals surface area contributed by atoms with Crippen LogP contribution in [-0.4, -0.2) is 53.3 Å². The summed E-state index contributed by atoms with van der Waals surface area (Å²) in [6, 6.07) is 9.02. The number of carbonyl (C=O) groups is 2. The number of benzene rings is 2. The molecule has 2 N–H and O–H groups in total. The molecule has 8 nitrogen and oxygen atoms in total. The van der Waals surface area contributed by atoms with Gasteiger partial charge in [-0.1, -0.05) is 12.1 Å². The predicted octanol–water partition coefficient (Wildman–Crippen LogP) is 2.64. The van der Waals surface area contributed by atoms with E-state index in [0.717, 1.165) is 0 Å². The maximum Gasteiger partial charge on any atom is 0.415 e. The SMILES string of the molecule is O=C1CC(c2ccc(O)cc2)Oc2cc(OC(=O)N3CCOCC3)cc(O)c21. The first-order valence-electron chi connectivity index (χ1n) is 8.91. The van der Waals surface area contributed by atoms with E-state index < -0.39 is 12.2 Å². The summed E-state index contributed by atoms with van der Waals surface area (Å²) in [7, 11) is 0. The summed E-state index contributed by atoms with van der Waals surface area (Å²) in [6.45, 7) is 1.73. The van der Waals surface area contributed by atoms with Gasteiger partial charge in [-0.15, -0.1) is 0 Å². The van der Waals surface area contributed by atoms with Crippen molar-refractivity contribution >= 4 is 11.9 Å². The molecule has 0 aliphatic carbocycles. The molecule has 8 heteroatoms. The van der Waals surface area contributed by atoms with Crippen molar-refractivity contribution in [1.82, 2.24) is 4.90 Å². The second kappa shape index (κ2) is 7.40. The van der Waals surface area contributed by atoms with E-state index in [2.05, 4.69) is 0 Å². The molecule has 0 spiro atoms. The summed E-state index contributed by atoms with van der Waals surface area (Å²) in [6.07, 6.45) is -1.07. The zero-order valence-electron chi connectivity index (χ0n) is 15.0. The molecule has 1 unspecified atom stereocenters. The van der Waals surface area contributed by atoms with Crippen LogP contribution in [0.1, 0.15) is 28.4 Å². The first kappa shape index (κ1) is 18.1. The number of rotatable bonds is 2. The third-order valence-electron chi connectivity index (χ3n) is 4.71. The lowest BCUT2D eigenvalue weighted by molar-refractivity contribution is 0.0415. The molecule has 0 aromatic heterocycles. The van der Waals surface area contributed by atoms with Crippen molar-refractivity contribution in [2.75, 3.05) is 26.3 Å². The lowest BCUT2D eigenvalue weighted by atomic mass is 9.95. The zero-order chi connectivity index (χ0) is 19.7. The molecule has 1 amide bonds. The minimum absolute atomic E-state index is 0.0538. The largest absolute Gasteiger partial charge is 0.508 e. The topological polar surface area (TPSA) is 106 Å². The molecule has 0 radical (unpaired) electrons. The van der Waals surface area contributed by atoms with Crippen LogP contribution in [0.25, 0.3) is 0 Å². The molecule has 4 rings (SSSR count). The van der Waals surface area contributed by atoms with Crippen LogP contribution in [0.5, 0.6) is 23.0 Å². The molecule has 146 valence electrons. The number of aromatic hydroxyl groups is 2. The Morgan fingerprint density at radius 2 is 1.82 bits per heavy atom. The Morgan fingerprint density at radius 1 is 1.11 bits per heavy atom. The van der Waals surface area contributed by atoms with Gasteiger partial charge in [-0.05, 0) is 17.7 Å². The number of ketones is 1. The van der Waals surface area contributed by atoms with Gasteiger partial charge in [-0.3, -0.25) is 4.79 Å². The van der Waals surface area contributed by atoms with Crippen molar-refractivity contribution in [3.63, 3.8) is 0 Å². The number of hydrogen-bond acceptors (Lipinski definition) is 7. The van der Waals surface area contributed by atoms with Gasteiger partial charge in [-0.2, -0.15) is 0 Å². The molecule has 0 saturated carbocycles. The van der Waals surface area contributed by atoms with Crippen LogP contribution in [0.4, 0.5) is 4.79 Å². The van der Waals surface area contributed by atoms with Crippen molar-refractivity contribution in [3.05, 3.63) is 47.5 Å². The van der Waals surface area contributed by atoms with Crippen LogP contribution in [0.2, 0.25) is 0 Å². The number of nitrogens with zero attached hydrogens (tertiary/aromatic N) is 1. The van der Waals surface area contributed by atoms with E-state index in [9.17, 15) is 19.8 Å². The van der Waals surface area contributed by atoms with Crippen LogP contribution in [0.15, 0.2) is 36.4 Å². The standard InChI is InChI=1S/C20H19NO7/c22-13-3-1-12(2-4-13)17-11-16(24)19-15(23)9-14(10-18(19)28-17)27-20(25)21-5-7-26-8-6-21/h1-4,9-10,17,22-23H,5-8,11H2. The zero-order valence-corrected chi connectivity index (χ0v) is 15.0. The number of amides is 1. The lowest BCUT2D eigenvalue weighted by Crippen LogP contribution is -2.42. The highest BCUT2D eigenvalue weighted by Gasteiger charge is 2.31. The molecule has 2 aromatic carbocycles. The van der Waals surface area contributed by atoms with Gasteiger partial charge in [0.15, 0.2) is 5.78 Å². The van der Waals surface area contributed by atoms with Gasteiger partial charge in [0.1, 0.15) is 34.7 Å². The van der Waals surface area contributed by atoms with E-state index in [-0.39, 0.29) is 40.8 Å². The maximum absolute atomic E-state index is 12.5. The number of phenols is 2. The number of carbonyl (C=O) groups excluding carboxylic acids is 2. The number of phenolic OH excluding ortho intramolecular Hbond substituents is 2. The molecule has 28 heavy (non-hydrogen) atoms. The van der Waals surface area contributed by atoms with E-state index in [0.29, 0.717) is 31.9 Å². The number of fused-ring (bicyclic) bond motifs is 1. The molecular formula is C20H19NO7. The second-order valence-corrected chi connectivity index (χ2v) is 6.61. The number of ether oxygens (including phenoxy) is 3. The fraction of sp³-hybridized carbons (Fsp3) is 0.300. The Bertz CT molecular complexity index is 904.